The zero-order chi connectivity index (χ0) is 9.59. The highest BCUT2D eigenvalue weighted by Crippen LogP contribution is 2.36. The van der Waals surface area contributed by atoms with Crippen molar-refractivity contribution in [3.8, 4) is 0 Å². The number of carbonyl (C=O) groups is 2. The second-order valence-electron chi connectivity index (χ2n) is 2.85. The van der Waals surface area contributed by atoms with Gasteiger partial charge < -0.3 is 10.8 Å². The number of thioether (sulfide) groups is 1. The average molecular weight is 273 g/mol. The lowest BCUT2D eigenvalue weighted by Crippen LogP contribution is -2.68. The van der Waals surface area contributed by atoms with E-state index < -0.39 is 12.0 Å². The molecule has 0 spiro atoms. The number of carboxylic acid groups (broad SMARTS) is 1. The maximum atomic E-state index is 11.2. The molecule has 0 aliphatic carbocycles. The van der Waals surface area contributed by atoms with E-state index in [1.165, 1.54) is 22.7 Å². The van der Waals surface area contributed by atoms with Gasteiger partial charge in [-0.25, -0.2) is 4.79 Å². The van der Waals surface area contributed by atoms with Crippen molar-refractivity contribution in [2.24, 2.45) is 5.73 Å². The summed E-state index contributed by atoms with van der Waals surface area (Å²) in [5.41, 5.74) is 5.57. The summed E-state index contributed by atoms with van der Waals surface area (Å²) in [4.78, 5) is 23.1. The molecule has 2 heterocycles. The molecule has 0 bridgehead atoms. The molecule has 0 aromatic rings. The average Bonchev–Trinajstić information content (AvgIpc) is 2.15. The van der Waals surface area contributed by atoms with E-state index in [0.717, 1.165) is 0 Å². The second-order valence-corrected chi connectivity index (χ2v) is 4.00. The number of aliphatic carboxylic acids is 1. The molecule has 3 N–H and O–H groups in total. The Bertz CT molecular complexity index is 323. The van der Waals surface area contributed by atoms with Crippen LogP contribution in [0.1, 0.15) is 0 Å². The van der Waals surface area contributed by atoms with E-state index in [4.69, 9.17) is 10.8 Å². The van der Waals surface area contributed by atoms with Gasteiger partial charge in [0.15, 0.2) is 0 Å². The Morgan fingerprint density at radius 3 is 2.73 bits per heavy atom. The summed E-state index contributed by atoms with van der Waals surface area (Å²) in [7, 11) is 0. The minimum Gasteiger partial charge on any atom is -0.477 e. The minimum atomic E-state index is -1.06. The summed E-state index contributed by atoms with van der Waals surface area (Å²) in [5.74, 6) is -0.763. The molecule has 1 saturated heterocycles. The van der Waals surface area contributed by atoms with E-state index >= 15 is 0 Å². The Kier molecular flexibility index (Phi) is 4.92. The molecule has 8 heteroatoms. The van der Waals surface area contributed by atoms with Gasteiger partial charge >= 0.3 is 5.97 Å². The van der Waals surface area contributed by atoms with Gasteiger partial charge in [-0.05, 0) is 6.08 Å². The summed E-state index contributed by atoms with van der Waals surface area (Å²) < 4.78 is 0. The van der Waals surface area contributed by atoms with Crippen LogP contribution in [-0.4, -0.2) is 39.1 Å². The Hall–Kier alpha value is -0.430. The Morgan fingerprint density at radius 1 is 1.60 bits per heavy atom. The normalized spacial score (nSPS) is 27.7. The van der Waals surface area contributed by atoms with E-state index in [1.807, 2.05) is 0 Å². The maximum absolute atomic E-state index is 11.2. The number of carboxylic acids is 1. The molecule has 5 nitrogen and oxygen atoms in total. The van der Waals surface area contributed by atoms with Crippen LogP contribution < -0.4 is 5.73 Å². The summed E-state index contributed by atoms with van der Waals surface area (Å²) in [6.45, 7) is 0. The van der Waals surface area contributed by atoms with E-state index in [9.17, 15) is 9.59 Å². The first-order valence-corrected chi connectivity index (χ1v) is 4.81. The molecule has 1 unspecified atom stereocenters. The zero-order valence-corrected chi connectivity index (χ0v) is 9.90. The van der Waals surface area contributed by atoms with Crippen molar-refractivity contribution in [3.05, 3.63) is 11.8 Å². The molecule has 2 aliphatic rings. The number of hydrogen-bond acceptors (Lipinski definition) is 4. The van der Waals surface area contributed by atoms with Gasteiger partial charge in [0.2, 0.25) is 5.91 Å². The van der Waals surface area contributed by atoms with Gasteiger partial charge in [0.1, 0.15) is 17.1 Å². The number of carbonyl (C=O) groups excluding carboxylic acids is 1. The first kappa shape index (κ1) is 14.6. The molecule has 2 atom stereocenters. The van der Waals surface area contributed by atoms with Gasteiger partial charge in [-0.1, -0.05) is 0 Å². The molecular weight excluding hydrogens is 263 g/mol. The van der Waals surface area contributed by atoms with Crippen LogP contribution in [0.4, 0.5) is 0 Å². The van der Waals surface area contributed by atoms with Crippen molar-refractivity contribution in [3.63, 3.8) is 0 Å². The summed E-state index contributed by atoms with van der Waals surface area (Å²) >= 11 is 1.49. The van der Waals surface area contributed by atoms with Crippen molar-refractivity contribution in [2.75, 3.05) is 5.75 Å². The van der Waals surface area contributed by atoms with Crippen LogP contribution >= 0.6 is 36.6 Å². The van der Waals surface area contributed by atoms with Crippen LogP contribution in [0.2, 0.25) is 0 Å². The van der Waals surface area contributed by atoms with Crippen molar-refractivity contribution in [2.45, 2.75) is 11.4 Å². The molecule has 0 saturated carbocycles. The minimum absolute atomic E-state index is 0. The van der Waals surface area contributed by atoms with Gasteiger partial charge in [0, 0.05) is 5.75 Å². The molecule has 1 amide bonds. The standard InChI is InChI=1S/C7H8N2O3S.2ClH/c8-4-5(10)9-3(7(11)12)1-2-13-6(4)9;;/h1,4,6H,2,8H2,(H,11,12);2*1H/t4?,6-;;/m0../s1. The van der Waals surface area contributed by atoms with Crippen LogP contribution in [-0.2, 0) is 9.59 Å². The highest BCUT2D eigenvalue weighted by molar-refractivity contribution is 8.00. The molecule has 86 valence electrons. The van der Waals surface area contributed by atoms with Crippen molar-refractivity contribution >= 4 is 48.5 Å². The lowest BCUT2D eigenvalue weighted by Gasteiger charge is -2.46. The van der Waals surface area contributed by atoms with Gasteiger partial charge in [-0.3, -0.25) is 9.69 Å². The van der Waals surface area contributed by atoms with Crippen molar-refractivity contribution in [1.82, 2.24) is 4.90 Å². The summed E-state index contributed by atoms with van der Waals surface area (Å²) in [6, 6.07) is -0.534. The third-order valence-corrected chi connectivity index (χ3v) is 3.31. The first-order valence-electron chi connectivity index (χ1n) is 3.76. The monoisotopic (exact) mass is 272 g/mol. The maximum Gasteiger partial charge on any atom is 0.352 e. The van der Waals surface area contributed by atoms with Crippen LogP contribution in [0.3, 0.4) is 0 Å². The number of nitrogens with zero attached hydrogens (tertiary/aromatic N) is 1. The molecule has 0 radical (unpaired) electrons. The number of β-lactam (4-membered cyclic amide) rings is 1. The van der Waals surface area contributed by atoms with E-state index in [1.54, 1.807) is 0 Å². The van der Waals surface area contributed by atoms with Crippen molar-refractivity contribution < 1.29 is 14.7 Å². The van der Waals surface area contributed by atoms with Crippen LogP contribution in [0.5, 0.6) is 0 Å². The highest BCUT2D eigenvalue weighted by Gasteiger charge is 2.49. The SMILES string of the molecule is Cl.Cl.NC1C(=O)N2C(C(=O)O)=CCS[C@@H]12. The number of hydrogen-bond donors (Lipinski definition) is 2. The smallest absolute Gasteiger partial charge is 0.352 e. The lowest BCUT2D eigenvalue weighted by molar-refractivity contribution is -0.147. The first-order chi connectivity index (χ1) is 6.13. The van der Waals surface area contributed by atoms with E-state index in [0.29, 0.717) is 5.75 Å². The number of rotatable bonds is 1. The second kappa shape index (κ2) is 5.07. The van der Waals surface area contributed by atoms with E-state index in [2.05, 4.69) is 0 Å². The number of nitrogens with two attached hydrogens (primary N) is 1. The number of fused-ring (bicyclic) bond motifs is 1. The fourth-order valence-corrected chi connectivity index (χ4v) is 2.58. The quantitative estimate of drug-likeness (QED) is 0.659. The van der Waals surface area contributed by atoms with Crippen LogP contribution in [0.25, 0.3) is 0 Å². The molecule has 2 rings (SSSR count). The largest absolute Gasteiger partial charge is 0.477 e. The topological polar surface area (TPSA) is 83.6 Å². The van der Waals surface area contributed by atoms with Gasteiger partial charge in [0.25, 0.3) is 0 Å². The lowest BCUT2D eigenvalue weighted by atomic mass is 10.1. The predicted octanol–water partition coefficient (Wildman–Crippen LogP) is 0.0409. The molecule has 0 aromatic heterocycles. The Morgan fingerprint density at radius 2 is 2.20 bits per heavy atom. The number of halogens is 2. The number of amides is 1. The van der Waals surface area contributed by atoms with E-state index in [-0.39, 0.29) is 41.8 Å². The third kappa shape index (κ3) is 2.08. The Labute approximate surface area is 103 Å². The van der Waals surface area contributed by atoms with Crippen molar-refractivity contribution in [1.29, 1.82) is 0 Å². The fraction of sp³-hybridized carbons (Fsp3) is 0.429. The molecular formula is C7H10Cl2N2O3S. The molecule has 2 aliphatic heterocycles. The summed E-state index contributed by atoms with van der Waals surface area (Å²) in [6.07, 6.45) is 1.54. The third-order valence-electron chi connectivity index (χ3n) is 2.11. The van der Waals surface area contributed by atoms with Gasteiger partial charge in [-0.15, -0.1) is 36.6 Å². The highest BCUT2D eigenvalue weighted by atomic mass is 35.5. The Balaban J connectivity index is 0.000000980. The zero-order valence-electron chi connectivity index (χ0n) is 7.45. The molecule has 15 heavy (non-hydrogen) atoms. The van der Waals surface area contributed by atoms with Gasteiger partial charge in [0.05, 0.1) is 0 Å². The summed E-state index contributed by atoms with van der Waals surface area (Å²) in [5, 5.41) is 8.57. The van der Waals surface area contributed by atoms with Crippen LogP contribution in [0, 0.1) is 0 Å². The van der Waals surface area contributed by atoms with Crippen LogP contribution in [0.15, 0.2) is 11.8 Å². The predicted molar refractivity (Wildman–Crippen MR) is 61.3 cm³/mol. The fourth-order valence-electron chi connectivity index (χ4n) is 1.43. The molecule has 0 aromatic carbocycles. The molecule has 1 fully saturated rings. The van der Waals surface area contributed by atoms with Gasteiger partial charge in [-0.2, -0.15) is 0 Å².